The van der Waals surface area contributed by atoms with Gasteiger partial charge in [-0.3, -0.25) is 0 Å². The fraction of sp³-hybridized carbons (Fsp3) is 0.308. The van der Waals surface area contributed by atoms with Gasteiger partial charge in [-0.25, -0.2) is 4.39 Å². The predicted octanol–water partition coefficient (Wildman–Crippen LogP) is 6.08. The van der Waals surface area contributed by atoms with Crippen molar-refractivity contribution in [1.29, 1.82) is 0 Å². The molecule has 29 heavy (non-hydrogen) atoms. The van der Waals surface area contributed by atoms with Crippen molar-refractivity contribution in [2.24, 2.45) is 0 Å². The summed E-state index contributed by atoms with van der Waals surface area (Å²) in [6.07, 6.45) is 2.80. The largest absolute Gasteiger partial charge is 0.340 e. The summed E-state index contributed by atoms with van der Waals surface area (Å²) in [6.45, 7) is 15.5. The van der Waals surface area contributed by atoms with E-state index in [2.05, 4.69) is 61.7 Å². The lowest BCUT2D eigenvalue weighted by Gasteiger charge is -2.41. The maximum Gasteiger partial charge on any atom is 0.123 e. The van der Waals surface area contributed by atoms with Gasteiger partial charge in [-0.2, -0.15) is 0 Å². The Kier molecular flexibility index (Phi) is 4.95. The van der Waals surface area contributed by atoms with E-state index in [1.54, 1.807) is 0 Å². The van der Waals surface area contributed by atoms with Crippen LogP contribution >= 0.6 is 0 Å². The Morgan fingerprint density at radius 1 is 1.21 bits per heavy atom. The number of hydrogen-bond acceptors (Lipinski definition) is 1. The summed E-state index contributed by atoms with van der Waals surface area (Å²) in [5.41, 5.74) is 7.30. The Bertz CT molecular complexity index is 1090. The number of halogens is 1. The van der Waals surface area contributed by atoms with E-state index in [1.807, 2.05) is 18.2 Å². The number of likely N-dealkylation sites (N-methyl/N-ethyl adjacent to an activating group) is 1. The summed E-state index contributed by atoms with van der Waals surface area (Å²) >= 11 is 0. The third-order valence-electron chi connectivity index (χ3n) is 6.11. The molecule has 1 aliphatic heterocycles. The number of benzene rings is 2. The van der Waals surface area contributed by atoms with Crippen LogP contribution in [0.15, 0.2) is 61.7 Å². The molecule has 2 nitrogen and oxygen atoms in total. The Morgan fingerprint density at radius 3 is 2.62 bits per heavy atom. The first-order valence-corrected chi connectivity index (χ1v) is 10.2. The minimum Gasteiger partial charge on any atom is -0.340 e. The molecule has 2 heterocycles. The third kappa shape index (κ3) is 3.44. The van der Waals surface area contributed by atoms with Gasteiger partial charge < -0.3 is 9.47 Å². The molecule has 0 unspecified atom stereocenters. The molecule has 1 aliphatic rings. The number of rotatable bonds is 5. The molecule has 0 spiro atoms. The molecule has 0 amide bonds. The quantitative estimate of drug-likeness (QED) is 0.481. The van der Waals surface area contributed by atoms with Crippen molar-refractivity contribution in [3.05, 3.63) is 89.9 Å². The highest BCUT2D eigenvalue weighted by atomic mass is 19.1. The topological polar surface area (TPSA) is 8.17 Å². The molecule has 0 saturated heterocycles. The van der Waals surface area contributed by atoms with Gasteiger partial charge >= 0.3 is 0 Å². The van der Waals surface area contributed by atoms with Crippen LogP contribution in [0.25, 0.3) is 16.5 Å². The normalized spacial score (nSPS) is 19.3. The van der Waals surface area contributed by atoms with Gasteiger partial charge in [-0.1, -0.05) is 43.3 Å². The average Bonchev–Trinajstić information content (AvgIpc) is 2.96. The van der Waals surface area contributed by atoms with Crippen molar-refractivity contribution in [2.75, 3.05) is 13.6 Å². The third-order valence-corrected chi connectivity index (χ3v) is 6.11. The maximum absolute atomic E-state index is 13.4. The van der Waals surface area contributed by atoms with E-state index in [1.165, 1.54) is 39.9 Å². The molecule has 0 radical (unpaired) electrons. The van der Waals surface area contributed by atoms with E-state index < -0.39 is 0 Å². The van der Waals surface area contributed by atoms with Crippen LogP contribution in [0.1, 0.15) is 35.7 Å². The lowest BCUT2D eigenvalue weighted by Crippen LogP contribution is -2.43. The van der Waals surface area contributed by atoms with Crippen LogP contribution < -0.4 is 0 Å². The first-order chi connectivity index (χ1) is 13.8. The zero-order valence-corrected chi connectivity index (χ0v) is 17.6. The monoisotopic (exact) mass is 388 g/mol. The summed E-state index contributed by atoms with van der Waals surface area (Å²) in [5, 5.41) is 1.34. The number of aromatic nitrogens is 1. The van der Waals surface area contributed by atoms with Crippen LogP contribution in [0.5, 0.6) is 0 Å². The van der Waals surface area contributed by atoms with Crippen LogP contribution in [-0.4, -0.2) is 23.1 Å². The maximum atomic E-state index is 13.4. The fourth-order valence-electron chi connectivity index (χ4n) is 5.10. The number of hydrogen-bond donors (Lipinski definition) is 0. The van der Waals surface area contributed by atoms with E-state index in [0.29, 0.717) is 0 Å². The van der Waals surface area contributed by atoms with E-state index in [9.17, 15) is 4.39 Å². The lowest BCUT2D eigenvalue weighted by molar-refractivity contribution is 0.219. The highest BCUT2D eigenvalue weighted by Gasteiger charge is 2.39. The summed E-state index contributed by atoms with van der Waals surface area (Å²) in [5.74, 6) is -0.214. The Balaban J connectivity index is 1.85. The predicted molar refractivity (Wildman–Crippen MR) is 121 cm³/mol. The average molecular weight is 389 g/mol. The molecule has 3 aromatic rings. The first kappa shape index (κ1) is 19.7. The van der Waals surface area contributed by atoms with Crippen molar-refractivity contribution in [3.63, 3.8) is 0 Å². The molecular formula is C26H29FN2. The number of nitrogens with zero attached hydrogens (tertiary/aromatic N) is 2. The van der Waals surface area contributed by atoms with Gasteiger partial charge in [0, 0.05) is 41.6 Å². The summed E-state index contributed by atoms with van der Waals surface area (Å²) in [4.78, 5) is 2.40. The van der Waals surface area contributed by atoms with Crippen LogP contribution in [0.4, 0.5) is 4.39 Å². The number of allylic oxidation sites excluding steroid dienone is 2. The Hall–Kier alpha value is -2.65. The molecular weight excluding hydrogens is 359 g/mol. The molecule has 1 atom stereocenters. The SMILES string of the molecule is C=CCn1c2c(c3cc(C)ccc31)CN(C)C[C@@]2(C)CC(=C)c1ccc(F)cc1. The van der Waals surface area contributed by atoms with Gasteiger partial charge in [0.15, 0.2) is 0 Å². The highest BCUT2D eigenvalue weighted by molar-refractivity contribution is 5.87. The zero-order chi connectivity index (χ0) is 20.8. The Morgan fingerprint density at radius 2 is 1.93 bits per heavy atom. The number of fused-ring (bicyclic) bond motifs is 3. The van der Waals surface area contributed by atoms with Crippen molar-refractivity contribution in [2.45, 2.75) is 38.8 Å². The molecule has 1 aromatic heterocycles. The molecule has 0 saturated carbocycles. The molecule has 0 fully saturated rings. The fourth-order valence-corrected chi connectivity index (χ4v) is 5.10. The van der Waals surface area contributed by atoms with Crippen LogP contribution in [-0.2, 0) is 18.5 Å². The molecule has 3 heteroatoms. The lowest BCUT2D eigenvalue weighted by atomic mass is 9.75. The van der Waals surface area contributed by atoms with Crippen molar-refractivity contribution in [1.82, 2.24) is 9.47 Å². The second-order valence-electron chi connectivity index (χ2n) is 8.77. The van der Waals surface area contributed by atoms with E-state index in [4.69, 9.17) is 0 Å². The highest BCUT2D eigenvalue weighted by Crippen LogP contribution is 2.44. The van der Waals surface area contributed by atoms with Crippen molar-refractivity contribution < 1.29 is 4.39 Å². The van der Waals surface area contributed by atoms with E-state index >= 15 is 0 Å². The van der Waals surface area contributed by atoms with Crippen LogP contribution in [0.3, 0.4) is 0 Å². The number of aryl methyl sites for hydroxylation is 1. The van der Waals surface area contributed by atoms with Gasteiger partial charge in [0.05, 0.1) is 0 Å². The van der Waals surface area contributed by atoms with Gasteiger partial charge in [0.25, 0.3) is 0 Å². The van der Waals surface area contributed by atoms with Crippen molar-refractivity contribution >= 4 is 16.5 Å². The molecule has 0 N–H and O–H groups in total. The van der Waals surface area contributed by atoms with Crippen molar-refractivity contribution in [3.8, 4) is 0 Å². The van der Waals surface area contributed by atoms with Crippen LogP contribution in [0.2, 0.25) is 0 Å². The summed E-state index contributed by atoms with van der Waals surface area (Å²) < 4.78 is 15.8. The smallest absolute Gasteiger partial charge is 0.123 e. The summed E-state index contributed by atoms with van der Waals surface area (Å²) in [6, 6.07) is 13.4. The molecule has 150 valence electrons. The second-order valence-corrected chi connectivity index (χ2v) is 8.77. The van der Waals surface area contributed by atoms with Gasteiger partial charge in [-0.15, -0.1) is 6.58 Å². The molecule has 2 aromatic carbocycles. The minimum atomic E-state index is -0.214. The molecule has 0 aliphatic carbocycles. The second kappa shape index (κ2) is 7.31. The van der Waals surface area contributed by atoms with Gasteiger partial charge in [0.2, 0.25) is 0 Å². The minimum absolute atomic E-state index is 0.0935. The van der Waals surface area contributed by atoms with E-state index in [0.717, 1.165) is 37.2 Å². The molecule has 0 bridgehead atoms. The van der Waals surface area contributed by atoms with Gasteiger partial charge in [-0.05, 0) is 61.4 Å². The Labute approximate surface area is 173 Å². The van der Waals surface area contributed by atoms with Crippen LogP contribution in [0, 0.1) is 12.7 Å². The van der Waals surface area contributed by atoms with Gasteiger partial charge in [0.1, 0.15) is 5.82 Å². The summed E-state index contributed by atoms with van der Waals surface area (Å²) in [7, 11) is 2.19. The van der Waals surface area contributed by atoms with E-state index in [-0.39, 0.29) is 11.2 Å². The molecule has 4 rings (SSSR count). The first-order valence-electron chi connectivity index (χ1n) is 10.2. The zero-order valence-electron chi connectivity index (χ0n) is 17.6. The standard InChI is InChI=1S/C26H29FN2/c1-6-13-29-24-12-7-18(2)14-22(24)23-16-28(5)17-26(4,25(23)29)15-19(3)20-8-10-21(27)11-9-20/h6-12,14H,1,3,13,15-17H2,2,4-5H3/t26-/m1/s1.